The zero-order chi connectivity index (χ0) is 14.7. The van der Waals surface area contributed by atoms with Gasteiger partial charge < -0.3 is 15.2 Å². The van der Waals surface area contributed by atoms with E-state index in [1.165, 1.54) is 4.88 Å². The Morgan fingerprint density at radius 2 is 2.19 bits per heavy atom. The molecule has 2 atom stereocenters. The van der Waals surface area contributed by atoms with Gasteiger partial charge in [-0.3, -0.25) is 4.79 Å². The van der Waals surface area contributed by atoms with E-state index in [-0.39, 0.29) is 12.5 Å². The lowest BCUT2D eigenvalue weighted by Gasteiger charge is -2.31. The van der Waals surface area contributed by atoms with Crippen molar-refractivity contribution >= 4 is 17.2 Å². The molecule has 0 fully saturated rings. The Labute approximate surface area is 127 Å². The standard InChI is InChI=1S/C16H17NO3S/c18-13-10-20-14-6-2-1-5-12(14)16(13)17-15(19)8-7-11-4-3-9-21-11/h1-6,9,13,16,18H,7-8,10H2,(H,17,19)/t13?,16-/m0/s1. The van der Waals surface area contributed by atoms with Crippen molar-refractivity contribution in [3.05, 3.63) is 52.2 Å². The quantitative estimate of drug-likeness (QED) is 0.911. The molecule has 110 valence electrons. The molecule has 0 bridgehead atoms. The van der Waals surface area contributed by atoms with Crippen LogP contribution in [0.15, 0.2) is 41.8 Å². The van der Waals surface area contributed by atoms with E-state index in [4.69, 9.17) is 4.74 Å². The molecule has 2 aromatic rings. The van der Waals surface area contributed by atoms with Crippen molar-refractivity contribution < 1.29 is 14.6 Å². The summed E-state index contributed by atoms with van der Waals surface area (Å²) in [6.07, 6.45) is 0.433. The lowest BCUT2D eigenvalue weighted by Crippen LogP contribution is -2.42. The minimum absolute atomic E-state index is 0.0517. The molecule has 1 aromatic carbocycles. The number of thiophene rings is 1. The maximum atomic E-state index is 12.1. The van der Waals surface area contributed by atoms with E-state index in [0.717, 1.165) is 17.7 Å². The lowest BCUT2D eigenvalue weighted by molar-refractivity contribution is -0.123. The first-order valence-corrected chi connectivity index (χ1v) is 7.83. The Balaban J connectivity index is 1.65. The summed E-state index contributed by atoms with van der Waals surface area (Å²) in [5.41, 5.74) is 0.834. The summed E-state index contributed by atoms with van der Waals surface area (Å²) in [6.45, 7) is 0.201. The van der Waals surface area contributed by atoms with Crippen LogP contribution in [0.3, 0.4) is 0 Å². The average Bonchev–Trinajstić information content (AvgIpc) is 3.01. The van der Waals surface area contributed by atoms with Crippen LogP contribution in [0, 0.1) is 0 Å². The molecule has 0 saturated heterocycles. The number of benzene rings is 1. The van der Waals surface area contributed by atoms with Gasteiger partial charge in [0.1, 0.15) is 18.5 Å². The Hall–Kier alpha value is -1.85. The van der Waals surface area contributed by atoms with Gasteiger partial charge in [-0.25, -0.2) is 0 Å². The molecule has 4 nitrogen and oxygen atoms in total. The summed E-state index contributed by atoms with van der Waals surface area (Å²) in [7, 11) is 0. The number of fused-ring (bicyclic) bond motifs is 1. The van der Waals surface area contributed by atoms with Crippen molar-refractivity contribution in [3.8, 4) is 5.75 Å². The number of ether oxygens (including phenoxy) is 1. The van der Waals surface area contributed by atoms with Crippen LogP contribution in [0.2, 0.25) is 0 Å². The summed E-state index contributed by atoms with van der Waals surface area (Å²) in [4.78, 5) is 13.3. The highest BCUT2D eigenvalue weighted by molar-refractivity contribution is 7.09. The Kier molecular flexibility index (Phi) is 4.22. The van der Waals surface area contributed by atoms with Crippen LogP contribution in [-0.2, 0) is 11.2 Å². The fourth-order valence-electron chi connectivity index (χ4n) is 2.46. The fourth-order valence-corrected chi connectivity index (χ4v) is 3.17. The molecular formula is C16H17NO3S. The number of aliphatic hydroxyl groups excluding tert-OH is 1. The molecule has 5 heteroatoms. The zero-order valence-corrected chi connectivity index (χ0v) is 12.3. The van der Waals surface area contributed by atoms with Gasteiger partial charge in [0.2, 0.25) is 5.91 Å². The van der Waals surface area contributed by atoms with Gasteiger partial charge in [-0.05, 0) is 23.9 Å². The van der Waals surface area contributed by atoms with Gasteiger partial charge >= 0.3 is 0 Å². The second-order valence-electron chi connectivity index (χ2n) is 5.04. The summed E-state index contributed by atoms with van der Waals surface area (Å²) in [5.74, 6) is 0.676. The minimum atomic E-state index is -0.717. The average molecular weight is 303 g/mol. The molecule has 0 spiro atoms. The highest BCUT2D eigenvalue weighted by Crippen LogP contribution is 2.31. The number of carbonyl (C=O) groups excluding carboxylic acids is 1. The monoisotopic (exact) mass is 303 g/mol. The molecule has 2 heterocycles. The van der Waals surface area contributed by atoms with Crippen LogP contribution >= 0.6 is 11.3 Å². The van der Waals surface area contributed by atoms with Crippen LogP contribution in [0.1, 0.15) is 22.9 Å². The van der Waals surface area contributed by atoms with Crippen LogP contribution in [0.25, 0.3) is 0 Å². The Morgan fingerprint density at radius 3 is 3.00 bits per heavy atom. The third-order valence-corrected chi connectivity index (χ3v) is 4.48. The van der Waals surface area contributed by atoms with Crippen LogP contribution in [0.4, 0.5) is 0 Å². The molecule has 0 saturated carbocycles. The molecule has 1 aliphatic heterocycles. The Bertz CT molecular complexity index is 612. The summed E-state index contributed by atoms with van der Waals surface area (Å²) < 4.78 is 5.47. The van der Waals surface area contributed by atoms with E-state index in [2.05, 4.69) is 5.32 Å². The number of hydrogen-bond donors (Lipinski definition) is 2. The molecule has 0 radical (unpaired) electrons. The predicted molar refractivity (Wildman–Crippen MR) is 81.5 cm³/mol. The van der Waals surface area contributed by atoms with E-state index < -0.39 is 12.1 Å². The summed E-state index contributed by atoms with van der Waals surface area (Å²) >= 11 is 1.65. The fraction of sp³-hybridized carbons (Fsp3) is 0.312. The highest BCUT2D eigenvalue weighted by atomic mass is 32.1. The molecule has 2 N–H and O–H groups in total. The smallest absolute Gasteiger partial charge is 0.220 e. The molecule has 0 aliphatic carbocycles. The number of carbonyl (C=O) groups is 1. The Morgan fingerprint density at radius 1 is 1.33 bits per heavy atom. The van der Waals surface area contributed by atoms with Crippen molar-refractivity contribution in [1.29, 1.82) is 0 Å². The van der Waals surface area contributed by atoms with Gasteiger partial charge in [-0.15, -0.1) is 11.3 Å². The third-order valence-electron chi connectivity index (χ3n) is 3.54. The van der Waals surface area contributed by atoms with Gasteiger partial charge in [-0.1, -0.05) is 24.3 Å². The minimum Gasteiger partial charge on any atom is -0.490 e. The number of aryl methyl sites for hydroxylation is 1. The van der Waals surface area contributed by atoms with Gasteiger partial charge in [-0.2, -0.15) is 0 Å². The van der Waals surface area contributed by atoms with E-state index in [1.54, 1.807) is 11.3 Å². The molecule has 1 amide bonds. The van der Waals surface area contributed by atoms with E-state index in [1.807, 2.05) is 41.8 Å². The van der Waals surface area contributed by atoms with E-state index in [9.17, 15) is 9.90 Å². The number of rotatable bonds is 4. The van der Waals surface area contributed by atoms with Crippen molar-refractivity contribution in [2.75, 3.05) is 6.61 Å². The summed E-state index contributed by atoms with van der Waals surface area (Å²) in [6, 6.07) is 11.1. The van der Waals surface area contributed by atoms with Gasteiger partial charge in [0.25, 0.3) is 0 Å². The maximum Gasteiger partial charge on any atom is 0.220 e. The van der Waals surface area contributed by atoms with E-state index in [0.29, 0.717) is 6.42 Å². The normalized spacial score (nSPS) is 20.4. The first-order valence-electron chi connectivity index (χ1n) is 6.95. The van der Waals surface area contributed by atoms with Crippen LogP contribution < -0.4 is 10.1 Å². The lowest BCUT2D eigenvalue weighted by atomic mass is 9.98. The summed E-state index contributed by atoms with van der Waals surface area (Å²) in [5, 5.41) is 15.0. The first kappa shape index (κ1) is 14.1. The van der Waals surface area contributed by atoms with Crippen LogP contribution in [-0.4, -0.2) is 23.7 Å². The largest absolute Gasteiger partial charge is 0.490 e. The molecule has 1 aromatic heterocycles. The van der Waals surface area contributed by atoms with E-state index >= 15 is 0 Å². The van der Waals surface area contributed by atoms with Gasteiger partial charge in [0.15, 0.2) is 0 Å². The number of aliphatic hydroxyl groups is 1. The van der Waals surface area contributed by atoms with Crippen molar-refractivity contribution in [2.45, 2.75) is 25.0 Å². The highest BCUT2D eigenvalue weighted by Gasteiger charge is 2.30. The third kappa shape index (κ3) is 3.25. The zero-order valence-electron chi connectivity index (χ0n) is 11.5. The number of hydrogen-bond acceptors (Lipinski definition) is 4. The molecule has 1 aliphatic rings. The molecule has 1 unspecified atom stereocenters. The van der Waals surface area contributed by atoms with Crippen molar-refractivity contribution in [2.24, 2.45) is 0 Å². The first-order chi connectivity index (χ1) is 10.2. The van der Waals surface area contributed by atoms with Crippen molar-refractivity contribution in [1.82, 2.24) is 5.32 Å². The molecule has 21 heavy (non-hydrogen) atoms. The number of amides is 1. The number of nitrogens with one attached hydrogen (secondary N) is 1. The predicted octanol–water partition coefficient (Wildman–Crippen LogP) is 2.29. The molecule has 3 rings (SSSR count). The molecular weight excluding hydrogens is 286 g/mol. The van der Waals surface area contributed by atoms with Crippen LogP contribution in [0.5, 0.6) is 5.75 Å². The van der Waals surface area contributed by atoms with Gasteiger partial charge in [0, 0.05) is 16.9 Å². The SMILES string of the molecule is O=C(CCc1cccs1)N[C@H]1c2ccccc2OCC1O. The maximum absolute atomic E-state index is 12.1. The second-order valence-corrected chi connectivity index (χ2v) is 6.07. The van der Waals surface area contributed by atoms with Crippen molar-refractivity contribution in [3.63, 3.8) is 0 Å². The van der Waals surface area contributed by atoms with Gasteiger partial charge in [0.05, 0.1) is 6.04 Å². The number of para-hydroxylation sites is 1. The topological polar surface area (TPSA) is 58.6 Å². The second kappa shape index (κ2) is 6.28.